The summed E-state index contributed by atoms with van der Waals surface area (Å²) >= 11 is 11.2. The molecule has 1 fully saturated rings. The van der Waals surface area contributed by atoms with Crippen LogP contribution in [0.4, 0.5) is 0 Å². The number of carbonyl (C=O) groups is 1. The van der Waals surface area contributed by atoms with E-state index in [1.165, 1.54) is 4.90 Å². The second-order valence-corrected chi connectivity index (χ2v) is 5.41. The smallest absolute Gasteiger partial charge is 0.256 e. The van der Waals surface area contributed by atoms with Gasteiger partial charge in [-0.15, -0.1) is 0 Å². The third-order valence-corrected chi connectivity index (χ3v) is 2.94. The van der Waals surface area contributed by atoms with Crippen molar-refractivity contribution in [2.75, 3.05) is 26.3 Å². The third-order valence-electron chi connectivity index (χ3n) is 2.56. The van der Waals surface area contributed by atoms with Crippen LogP contribution in [0, 0.1) is 5.92 Å². The quantitative estimate of drug-likeness (QED) is 0.577. The number of allylic oxidation sites excluding steroid dienone is 1. The number of halogens is 2. The first-order chi connectivity index (χ1) is 8.54. The summed E-state index contributed by atoms with van der Waals surface area (Å²) in [6, 6.07) is 0. The van der Waals surface area contributed by atoms with Gasteiger partial charge < -0.3 is 14.4 Å². The Balaban J connectivity index is 2.52. The molecular formula is C12H19Cl2NO3. The van der Waals surface area contributed by atoms with E-state index >= 15 is 0 Å². The van der Waals surface area contributed by atoms with Crippen molar-refractivity contribution in [3.63, 3.8) is 0 Å². The lowest BCUT2D eigenvalue weighted by molar-refractivity contribution is -0.204. The van der Waals surface area contributed by atoms with Gasteiger partial charge in [0.1, 0.15) is 0 Å². The topological polar surface area (TPSA) is 38.8 Å². The number of hydrogen-bond acceptors (Lipinski definition) is 3. The van der Waals surface area contributed by atoms with Crippen molar-refractivity contribution in [3.05, 3.63) is 12.2 Å². The number of nitrogens with zero attached hydrogens (tertiary/aromatic N) is 1. The Hall–Kier alpha value is -0.290. The second-order valence-electron chi connectivity index (χ2n) is 4.31. The van der Waals surface area contributed by atoms with Crippen molar-refractivity contribution >= 4 is 29.1 Å². The van der Waals surface area contributed by atoms with Gasteiger partial charge in [0.15, 0.2) is 11.1 Å². The zero-order chi connectivity index (χ0) is 13.5. The molecule has 0 aromatic rings. The molecule has 0 radical (unpaired) electrons. The standard InChI is InChI=1S/C12H19Cl2NO3/c1-3-4-5-15(12(16)11(13)14)6-10-17-7-9(2)8-18-10/h3-4,9-11H,5-8H2,1-2H3/b4-3+. The fourth-order valence-corrected chi connectivity index (χ4v) is 1.83. The summed E-state index contributed by atoms with van der Waals surface area (Å²) in [5.74, 6) is 0.0528. The zero-order valence-electron chi connectivity index (χ0n) is 10.6. The fourth-order valence-electron chi connectivity index (χ4n) is 1.55. The van der Waals surface area contributed by atoms with Crippen LogP contribution in [0.1, 0.15) is 13.8 Å². The molecule has 1 aliphatic heterocycles. The Morgan fingerprint density at radius 3 is 2.56 bits per heavy atom. The van der Waals surface area contributed by atoms with E-state index < -0.39 is 11.1 Å². The molecule has 18 heavy (non-hydrogen) atoms. The third kappa shape index (κ3) is 5.14. The first kappa shape index (κ1) is 15.8. The number of amides is 1. The highest BCUT2D eigenvalue weighted by atomic mass is 35.5. The van der Waals surface area contributed by atoms with Gasteiger partial charge in [-0.1, -0.05) is 42.3 Å². The van der Waals surface area contributed by atoms with Crippen molar-refractivity contribution in [2.24, 2.45) is 5.92 Å². The largest absolute Gasteiger partial charge is 0.350 e. The highest BCUT2D eigenvalue weighted by Gasteiger charge is 2.26. The lowest BCUT2D eigenvalue weighted by atomic mass is 10.2. The summed E-state index contributed by atoms with van der Waals surface area (Å²) in [6.07, 6.45) is 3.32. The first-order valence-electron chi connectivity index (χ1n) is 5.96. The molecule has 1 rings (SSSR count). The van der Waals surface area contributed by atoms with Crippen LogP contribution in [-0.2, 0) is 14.3 Å². The monoisotopic (exact) mass is 295 g/mol. The maximum absolute atomic E-state index is 11.8. The Bertz CT molecular complexity index is 289. The molecule has 1 amide bonds. The van der Waals surface area contributed by atoms with Crippen LogP contribution in [0.2, 0.25) is 0 Å². The van der Waals surface area contributed by atoms with Crippen LogP contribution in [-0.4, -0.2) is 48.2 Å². The van der Waals surface area contributed by atoms with Crippen molar-refractivity contribution in [2.45, 2.75) is 25.0 Å². The van der Waals surface area contributed by atoms with Gasteiger partial charge in [0.2, 0.25) is 0 Å². The van der Waals surface area contributed by atoms with Gasteiger partial charge in [0.25, 0.3) is 5.91 Å². The van der Waals surface area contributed by atoms with Gasteiger partial charge in [0, 0.05) is 12.5 Å². The van der Waals surface area contributed by atoms with E-state index in [9.17, 15) is 4.79 Å². The predicted octanol–water partition coefficient (Wildman–Crippen LogP) is 2.20. The van der Waals surface area contributed by atoms with Crippen LogP contribution in [0.5, 0.6) is 0 Å². The van der Waals surface area contributed by atoms with Gasteiger partial charge in [-0.05, 0) is 6.92 Å². The maximum Gasteiger partial charge on any atom is 0.256 e. The van der Waals surface area contributed by atoms with Crippen LogP contribution in [0.3, 0.4) is 0 Å². The van der Waals surface area contributed by atoms with Crippen LogP contribution < -0.4 is 0 Å². The average Bonchev–Trinajstić information content (AvgIpc) is 2.35. The van der Waals surface area contributed by atoms with Crippen LogP contribution >= 0.6 is 23.2 Å². The van der Waals surface area contributed by atoms with Crippen molar-refractivity contribution in [1.29, 1.82) is 0 Å². The van der Waals surface area contributed by atoms with Gasteiger partial charge in [-0.25, -0.2) is 0 Å². The summed E-state index contributed by atoms with van der Waals surface area (Å²) in [7, 11) is 0. The predicted molar refractivity (Wildman–Crippen MR) is 71.7 cm³/mol. The zero-order valence-corrected chi connectivity index (χ0v) is 12.2. The van der Waals surface area contributed by atoms with Gasteiger partial charge in [-0.3, -0.25) is 4.79 Å². The van der Waals surface area contributed by atoms with Gasteiger partial charge in [0.05, 0.1) is 19.8 Å². The lowest BCUT2D eigenvalue weighted by Crippen LogP contribution is -2.44. The minimum Gasteiger partial charge on any atom is -0.350 e. The number of rotatable bonds is 5. The van der Waals surface area contributed by atoms with Gasteiger partial charge in [-0.2, -0.15) is 0 Å². The molecule has 0 saturated carbocycles. The maximum atomic E-state index is 11.8. The summed E-state index contributed by atoms with van der Waals surface area (Å²) in [5, 5.41) is 0. The first-order valence-corrected chi connectivity index (χ1v) is 6.83. The van der Waals surface area contributed by atoms with Crippen molar-refractivity contribution < 1.29 is 14.3 Å². The van der Waals surface area contributed by atoms with E-state index in [4.69, 9.17) is 32.7 Å². The number of alkyl halides is 2. The molecule has 0 aromatic heterocycles. The summed E-state index contributed by atoms with van der Waals surface area (Å²) in [5.41, 5.74) is 0. The van der Waals surface area contributed by atoms with Crippen molar-refractivity contribution in [3.8, 4) is 0 Å². The van der Waals surface area contributed by atoms with E-state index in [1.54, 1.807) is 0 Å². The Morgan fingerprint density at radius 1 is 1.44 bits per heavy atom. The van der Waals surface area contributed by atoms with Gasteiger partial charge >= 0.3 is 0 Å². The highest BCUT2D eigenvalue weighted by molar-refractivity contribution is 6.53. The fraction of sp³-hybridized carbons (Fsp3) is 0.750. The number of carbonyl (C=O) groups excluding carboxylic acids is 1. The second kappa shape index (κ2) is 8.00. The normalized spacial score (nSPS) is 24.7. The Labute approximate surface area is 118 Å². The van der Waals surface area contributed by atoms with E-state index in [2.05, 4.69) is 0 Å². The molecule has 6 heteroatoms. The molecule has 4 nitrogen and oxygen atoms in total. The molecule has 1 saturated heterocycles. The highest BCUT2D eigenvalue weighted by Crippen LogP contribution is 2.14. The molecule has 0 aliphatic carbocycles. The molecule has 0 bridgehead atoms. The summed E-state index contributed by atoms with van der Waals surface area (Å²) in [6.45, 7) is 6.00. The Kier molecular flexibility index (Phi) is 7.00. The SMILES string of the molecule is C/C=C/CN(CC1OCC(C)CO1)C(=O)C(Cl)Cl. The Morgan fingerprint density at radius 2 is 2.06 bits per heavy atom. The molecule has 0 unspecified atom stereocenters. The summed E-state index contributed by atoms with van der Waals surface area (Å²) < 4.78 is 11.0. The molecule has 1 aliphatic rings. The van der Waals surface area contributed by atoms with E-state index in [0.29, 0.717) is 32.2 Å². The number of hydrogen-bond donors (Lipinski definition) is 0. The molecule has 104 valence electrons. The minimum absolute atomic E-state index is 0.331. The average molecular weight is 296 g/mol. The van der Waals surface area contributed by atoms with Crippen LogP contribution in [0.15, 0.2) is 12.2 Å². The van der Waals surface area contributed by atoms with E-state index in [0.717, 1.165) is 0 Å². The molecule has 0 atom stereocenters. The molecule has 1 heterocycles. The summed E-state index contributed by atoms with van der Waals surface area (Å²) in [4.78, 5) is 12.3. The molecule has 0 aromatic carbocycles. The lowest BCUT2D eigenvalue weighted by Gasteiger charge is -2.31. The van der Waals surface area contributed by atoms with Crippen LogP contribution in [0.25, 0.3) is 0 Å². The van der Waals surface area contributed by atoms with E-state index in [-0.39, 0.29) is 5.91 Å². The van der Waals surface area contributed by atoms with E-state index in [1.807, 2.05) is 26.0 Å². The number of ether oxygens (including phenoxy) is 2. The molecular weight excluding hydrogens is 277 g/mol. The molecule has 0 N–H and O–H groups in total. The van der Waals surface area contributed by atoms with Crippen molar-refractivity contribution in [1.82, 2.24) is 4.90 Å². The minimum atomic E-state index is -1.06. The molecule has 0 spiro atoms.